The van der Waals surface area contributed by atoms with Crippen LogP contribution in [-0.2, 0) is 4.74 Å². The molecule has 2 aromatic carbocycles. The van der Waals surface area contributed by atoms with Crippen molar-refractivity contribution in [2.24, 2.45) is 5.10 Å². The molecule has 0 aliphatic carbocycles. The first-order valence-corrected chi connectivity index (χ1v) is 7.49. The van der Waals surface area contributed by atoms with E-state index in [2.05, 4.69) is 30.4 Å². The van der Waals surface area contributed by atoms with E-state index in [4.69, 9.17) is 0 Å². The molecule has 3 rings (SSSR count). The van der Waals surface area contributed by atoms with Crippen molar-refractivity contribution in [2.75, 3.05) is 12.5 Å². The highest BCUT2D eigenvalue weighted by molar-refractivity contribution is 5.90. The van der Waals surface area contributed by atoms with Crippen LogP contribution in [0.5, 0.6) is 0 Å². The first-order chi connectivity index (χ1) is 12.3. The summed E-state index contributed by atoms with van der Waals surface area (Å²) in [6.45, 7) is 0. The Hall–Kier alpha value is -3.61. The van der Waals surface area contributed by atoms with Crippen LogP contribution in [0.15, 0.2) is 65.9 Å². The quantitative estimate of drug-likeness (QED) is 0.439. The van der Waals surface area contributed by atoms with E-state index < -0.39 is 0 Å². The molecule has 0 saturated carbocycles. The molecule has 7 nitrogen and oxygen atoms in total. The summed E-state index contributed by atoms with van der Waals surface area (Å²) in [5.41, 5.74) is 5.69. The topological polar surface area (TPSA) is 89.4 Å². The zero-order valence-electron chi connectivity index (χ0n) is 13.5. The van der Waals surface area contributed by atoms with Crippen LogP contribution in [0, 0.1) is 0 Å². The molecule has 0 atom stereocenters. The molecule has 1 heterocycles. The largest absolute Gasteiger partial charge is 0.465 e. The van der Waals surface area contributed by atoms with Gasteiger partial charge in [0.1, 0.15) is 0 Å². The Balaban J connectivity index is 1.67. The summed E-state index contributed by atoms with van der Waals surface area (Å²) in [4.78, 5) is 15.7. The predicted molar refractivity (Wildman–Crippen MR) is 94.3 cm³/mol. The van der Waals surface area contributed by atoms with E-state index >= 15 is 0 Å². The van der Waals surface area contributed by atoms with E-state index in [-0.39, 0.29) is 5.97 Å². The van der Waals surface area contributed by atoms with Gasteiger partial charge in [-0.3, -0.25) is 0 Å². The van der Waals surface area contributed by atoms with Gasteiger partial charge in [0.2, 0.25) is 0 Å². The van der Waals surface area contributed by atoms with E-state index in [1.807, 2.05) is 30.3 Å². The van der Waals surface area contributed by atoms with Crippen molar-refractivity contribution in [3.8, 4) is 11.3 Å². The van der Waals surface area contributed by atoms with Gasteiger partial charge < -0.3 is 4.74 Å². The zero-order chi connectivity index (χ0) is 17.5. The number of benzene rings is 2. The number of nitrogens with zero attached hydrogens (tertiary/aromatic N) is 4. The minimum Gasteiger partial charge on any atom is -0.465 e. The fourth-order valence-electron chi connectivity index (χ4n) is 2.09. The summed E-state index contributed by atoms with van der Waals surface area (Å²) >= 11 is 0. The van der Waals surface area contributed by atoms with Crippen LogP contribution in [0.25, 0.3) is 11.3 Å². The Labute approximate surface area is 144 Å². The predicted octanol–water partition coefficient (Wildman–Crippen LogP) is 2.77. The van der Waals surface area contributed by atoms with Gasteiger partial charge in [0, 0.05) is 5.56 Å². The third-order valence-corrected chi connectivity index (χ3v) is 3.34. The molecule has 7 heteroatoms. The van der Waals surface area contributed by atoms with Crippen LogP contribution in [0.2, 0.25) is 0 Å². The van der Waals surface area contributed by atoms with Crippen molar-refractivity contribution in [3.63, 3.8) is 0 Å². The zero-order valence-corrected chi connectivity index (χ0v) is 13.5. The Morgan fingerprint density at radius 3 is 2.60 bits per heavy atom. The normalized spacial score (nSPS) is 10.6. The van der Waals surface area contributed by atoms with Gasteiger partial charge in [-0.1, -0.05) is 42.5 Å². The van der Waals surface area contributed by atoms with Crippen molar-refractivity contribution >= 4 is 18.1 Å². The number of nitrogens with one attached hydrogen (secondary N) is 1. The number of carbonyl (C=O) groups is 1. The molecule has 124 valence electrons. The fraction of sp³-hybridized carbons (Fsp3) is 0.0556. The monoisotopic (exact) mass is 333 g/mol. The van der Waals surface area contributed by atoms with E-state index in [0.717, 1.165) is 11.1 Å². The number of anilines is 1. The molecule has 0 saturated heterocycles. The maximum absolute atomic E-state index is 11.4. The van der Waals surface area contributed by atoms with Gasteiger partial charge >= 0.3 is 5.97 Å². The number of hydrogen-bond donors (Lipinski definition) is 1. The van der Waals surface area contributed by atoms with Gasteiger partial charge in [0.25, 0.3) is 5.95 Å². The van der Waals surface area contributed by atoms with E-state index in [1.165, 1.54) is 7.11 Å². The first-order valence-electron chi connectivity index (χ1n) is 7.49. The average Bonchev–Trinajstić information content (AvgIpc) is 2.69. The Morgan fingerprint density at radius 2 is 1.88 bits per heavy atom. The molecular formula is C18H15N5O2. The number of rotatable bonds is 5. The van der Waals surface area contributed by atoms with Crippen LogP contribution >= 0.6 is 0 Å². The highest BCUT2D eigenvalue weighted by atomic mass is 16.5. The van der Waals surface area contributed by atoms with Crippen molar-refractivity contribution < 1.29 is 9.53 Å². The number of carbonyl (C=O) groups excluding carboxylic acids is 1. The first kappa shape index (κ1) is 16.3. The molecule has 0 aliphatic heterocycles. The summed E-state index contributed by atoms with van der Waals surface area (Å²) < 4.78 is 4.65. The lowest BCUT2D eigenvalue weighted by atomic mass is 10.1. The second kappa shape index (κ2) is 7.78. The van der Waals surface area contributed by atoms with Gasteiger partial charge in [-0.15, -0.1) is 5.10 Å². The van der Waals surface area contributed by atoms with Crippen molar-refractivity contribution in [1.29, 1.82) is 0 Å². The SMILES string of the molecule is COC(=O)c1ccc(/C=N/Nc2nncc(-c3ccccc3)n2)cc1. The molecule has 1 aromatic heterocycles. The third kappa shape index (κ3) is 4.23. The number of hydrogen-bond acceptors (Lipinski definition) is 7. The van der Waals surface area contributed by atoms with Crippen molar-refractivity contribution in [2.45, 2.75) is 0 Å². The highest BCUT2D eigenvalue weighted by Gasteiger charge is 2.04. The van der Waals surface area contributed by atoms with Crippen LogP contribution in [0.3, 0.4) is 0 Å². The van der Waals surface area contributed by atoms with Gasteiger partial charge in [0.05, 0.1) is 30.8 Å². The summed E-state index contributed by atoms with van der Waals surface area (Å²) in [6, 6.07) is 16.5. The lowest BCUT2D eigenvalue weighted by Gasteiger charge is -2.02. The fourth-order valence-corrected chi connectivity index (χ4v) is 2.09. The molecular weight excluding hydrogens is 318 g/mol. The second-order valence-corrected chi connectivity index (χ2v) is 5.01. The van der Waals surface area contributed by atoms with Crippen LogP contribution in [0.4, 0.5) is 5.95 Å². The van der Waals surface area contributed by atoms with Gasteiger partial charge in [-0.25, -0.2) is 15.2 Å². The number of ether oxygens (including phenoxy) is 1. The number of hydrazone groups is 1. The number of aromatic nitrogens is 3. The van der Waals surface area contributed by atoms with E-state index in [1.54, 1.807) is 36.7 Å². The molecule has 0 unspecified atom stereocenters. The molecule has 1 N–H and O–H groups in total. The molecule has 0 radical (unpaired) electrons. The Bertz CT molecular complexity index is 879. The summed E-state index contributed by atoms with van der Waals surface area (Å²) in [6.07, 6.45) is 3.19. The van der Waals surface area contributed by atoms with Crippen LogP contribution in [0.1, 0.15) is 15.9 Å². The Morgan fingerprint density at radius 1 is 1.12 bits per heavy atom. The Kier molecular flexibility index (Phi) is 5.06. The molecule has 25 heavy (non-hydrogen) atoms. The highest BCUT2D eigenvalue weighted by Crippen LogP contribution is 2.15. The molecule has 0 amide bonds. The maximum Gasteiger partial charge on any atom is 0.337 e. The molecule has 0 bridgehead atoms. The lowest BCUT2D eigenvalue weighted by molar-refractivity contribution is 0.0600. The molecule has 0 aliphatic rings. The number of esters is 1. The van der Waals surface area contributed by atoms with E-state index in [9.17, 15) is 4.79 Å². The molecule has 0 spiro atoms. The maximum atomic E-state index is 11.4. The van der Waals surface area contributed by atoms with Crippen molar-refractivity contribution in [1.82, 2.24) is 15.2 Å². The minimum atomic E-state index is -0.376. The number of methoxy groups -OCH3 is 1. The van der Waals surface area contributed by atoms with Gasteiger partial charge in [-0.05, 0) is 17.7 Å². The smallest absolute Gasteiger partial charge is 0.337 e. The third-order valence-electron chi connectivity index (χ3n) is 3.34. The van der Waals surface area contributed by atoms with Crippen molar-refractivity contribution in [3.05, 3.63) is 71.9 Å². The van der Waals surface area contributed by atoms with Gasteiger partial charge in [-0.2, -0.15) is 10.2 Å². The van der Waals surface area contributed by atoms with E-state index in [0.29, 0.717) is 17.2 Å². The summed E-state index contributed by atoms with van der Waals surface area (Å²) in [5, 5.41) is 11.9. The van der Waals surface area contributed by atoms with Crippen LogP contribution in [-0.4, -0.2) is 34.5 Å². The molecule has 3 aromatic rings. The standard InChI is InChI=1S/C18H15N5O2/c1-25-17(24)15-9-7-13(8-10-15)11-19-22-18-21-16(12-20-23-18)14-5-3-2-4-6-14/h2-12H,1H3,(H,21,22,23)/b19-11+. The summed E-state index contributed by atoms with van der Waals surface area (Å²) in [5.74, 6) is -0.0809. The summed E-state index contributed by atoms with van der Waals surface area (Å²) in [7, 11) is 1.35. The lowest BCUT2D eigenvalue weighted by Crippen LogP contribution is -2.01. The average molecular weight is 333 g/mol. The second-order valence-electron chi connectivity index (χ2n) is 5.01. The van der Waals surface area contributed by atoms with Gasteiger partial charge in [0.15, 0.2) is 0 Å². The van der Waals surface area contributed by atoms with Crippen LogP contribution < -0.4 is 5.43 Å². The molecule has 0 fully saturated rings. The minimum absolute atomic E-state index is 0.295.